The van der Waals surface area contributed by atoms with Crippen LogP contribution in [0.15, 0.2) is 6.07 Å². The van der Waals surface area contributed by atoms with Crippen LogP contribution in [0.2, 0.25) is 0 Å². The molecule has 1 rings (SSSR count). The second kappa shape index (κ2) is 5.93. The van der Waals surface area contributed by atoms with Crippen molar-refractivity contribution in [3.63, 3.8) is 0 Å². The molecular formula is C12H15F3N2O. The van der Waals surface area contributed by atoms with Gasteiger partial charge in [0.2, 0.25) is 0 Å². The van der Waals surface area contributed by atoms with Crippen LogP contribution >= 0.6 is 0 Å². The maximum absolute atomic E-state index is 12.0. The van der Waals surface area contributed by atoms with Gasteiger partial charge in [0.15, 0.2) is 5.78 Å². The van der Waals surface area contributed by atoms with E-state index in [0.717, 1.165) is 0 Å². The van der Waals surface area contributed by atoms with Crippen LogP contribution in [0.25, 0.3) is 0 Å². The molecule has 1 aromatic rings. The molecule has 1 aromatic heterocycles. The lowest BCUT2D eigenvalue weighted by molar-refractivity contribution is -0.135. The minimum atomic E-state index is -4.21. The van der Waals surface area contributed by atoms with Crippen LogP contribution in [-0.4, -0.2) is 22.2 Å². The standard InChI is InChI=1S/C12H15F3N2O/c1-3-10-9(7-8(2)16-17-10)11(18)5-4-6-12(13,14)15/h7H,3-6H2,1-2H3. The molecule has 0 spiro atoms. The Balaban J connectivity index is 2.69. The highest BCUT2D eigenvalue weighted by Gasteiger charge is 2.26. The van der Waals surface area contributed by atoms with Crippen molar-refractivity contribution in [1.29, 1.82) is 0 Å². The van der Waals surface area contributed by atoms with E-state index in [1.807, 2.05) is 6.92 Å². The molecule has 0 radical (unpaired) electrons. The third-order valence-corrected chi connectivity index (χ3v) is 2.49. The molecule has 0 saturated carbocycles. The van der Waals surface area contributed by atoms with Gasteiger partial charge in [-0.3, -0.25) is 4.79 Å². The number of carbonyl (C=O) groups is 1. The summed E-state index contributed by atoms with van der Waals surface area (Å²) in [5, 5.41) is 7.71. The lowest BCUT2D eigenvalue weighted by Crippen LogP contribution is -2.11. The van der Waals surface area contributed by atoms with Crippen molar-refractivity contribution in [2.24, 2.45) is 0 Å². The van der Waals surface area contributed by atoms with Crippen molar-refractivity contribution < 1.29 is 18.0 Å². The number of rotatable bonds is 5. The van der Waals surface area contributed by atoms with Crippen LogP contribution in [0.3, 0.4) is 0 Å². The minimum absolute atomic E-state index is 0.113. The van der Waals surface area contributed by atoms with E-state index < -0.39 is 12.6 Å². The van der Waals surface area contributed by atoms with Crippen molar-refractivity contribution in [3.05, 3.63) is 23.0 Å². The Hall–Kier alpha value is -1.46. The van der Waals surface area contributed by atoms with E-state index in [0.29, 0.717) is 23.4 Å². The predicted octanol–water partition coefficient (Wildman–Crippen LogP) is 3.26. The van der Waals surface area contributed by atoms with Crippen molar-refractivity contribution in [1.82, 2.24) is 10.2 Å². The third-order valence-electron chi connectivity index (χ3n) is 2.49. The van der Waals surface area contributed by atoms with Crippen LogP contribution in [0.5, 0.6) is 0 Å². The summed E-state index contributed by atoms with van der Waals surface area (Å²) in [5.41, 5.74) is 1.52. The van der Waals surface area contributed by atoms with Gasteiger partial charge in [0.1, 0.15) is 0 Å². The summed E-state index contributed by atoms with van der Waals surface area (Å²) in [6, 6.07) is 1.59. The molecule has 0 aliphatic carbocycles. The first-order valence-corrected chi connectivity index (χ1v) is 5.76. The van der Waals surface area contributed by atoms with Gasteiger partial charge in [-0.15, -0.1) is 0 Å². The van der Waals surface area contributed by atoms with Crippen molar-refractivity contribution >= 4 is 5.78 Å². The average Bonchev–Trinajstić information content (AvgIpc) is 2.27. The first kappa shape index (κ1) is 14.6. The number of hydrogen-bond acceptors (Lipinski definition) is 3. The molecule has 0 aliphatic rings. The number of aromatic nitrogens is 2. The molecule has 0 fully saturated rings. The monoisotopic (exact) mass is 260 g/mol. The Morgan fingerprint density at radius 3 is 2.56 bits per heavy atom. The largest absolute Gasteiger partial charge is 0.389 e. The summed E-state index contributed by atoms with van der Waals surface area (Å²) >= 11 is 0. The van der Waals surface area contributed by atoms with Gasteiger partial charge < -0.3 is 0 Å². The topological polar surface area (TPSA) is 42.9 Å². The highest BCUT2D eigenvalue weighted by atomic mass is 19.4. The molecule has 0 saturated heterocycles. The Bertz CT molecular complexity index is 430. The summed E-state index contributed by atoms with van der Waals surface area (Å²) in [5.74, 6) is -0.297. The fraction of sp³-hybridized carbons (Fsp3) is 0.583. The minimum Gasteiger partial charge on any atom is -0.294 e. The van der Waals surface area contributed by atoms with Crippen molar-refractivity contribution in [3.8, 4) is 0 Å². The Kier molecular flexibility index (Phi) is 4.81. The van der Waals surface area contributed by atoms with Crippen LogP contribution in [-0.2, 0) is 6.42 Å². The first-order chi connectivity index (χ1) is 8.33. The normalized spacial score (nSPS) is 11.6. The van der Waals surface area contributed by atoms with E-state index in [1.165, 1.54) is 0 Å². The van der Waals surface area contributed by atoms with E-state index in [1.54, 1.807) is 13.0 Å². The summed E-state index contributed by atoms with van der Waals surface area (Å²) < 4.78 is 36.0. The molecule has 0 bridgehead atoms. The van der Waals surface area contributed by atoms with Crippen LogP contribution < -0.4 is 0 Å². The highest BCUT2D eigenvalue weighted by molar-refractivity contribution is 5.97. The maximum Gasteiger partial charge on any atom is 0.389 e. The molecule has 0 unspecified atom stereocenters. The fourth-order valence-electron chi connectivity index (χ4n) is 1.60. The van der Waals surface area contributed by atoms with Crippen molar-refractivity contribution in [2.75, 3.05) is 0 Å². The number of carbonyl (C=O) groups excluding carboxylic acids is 1. The molecule has 0 aromatic carbocycles. The number of aryl methyl sites for hydroxylation is 2. The van der Waals surface area contributed by atoms with Gasteiger partial charge in [0, 0.05) is 18.4 Å². The molecule has 0 amide bonds. The molecular weight excluding hydrogens is 245 g/mol. The Morgan fingerprint density at radius 2 is 2.00 bits per heavy atom. The van der Waals surface area contributed by atoms with Gasteiger partial charge in [-0.05, 0) is 25.8 Å². The summed E-state index contributed by atoms with van der Waals surface area (Å²) in [6.07, 6.45) is -4.91. The van der Waals surface area contributed by atoms with Crippen LogP contribution in [0.1, 0.15) is 47.9 Å². The number of alkyl halides is 3. The zero-order valence-corrected chi connectivity index (χ0v) is 10.3. The first-order valence-electron chi connectivity index (χ1n) is 5.76. The van der Waals surface area contributed by atoms with Gasteiger partial charge in [-0.1, -0.05) is 6.92 Å². The van der Waals surface area contributed by atoms with E-state index in [-0.39, 0.29) is 18.6 Å². The SMILES string of the molecule is CCc1nnc(C)cc1C(=O)CCCC(F)(F)F. The summed E-state index contributed by atoms with van der Waals surface area (Å²) in [4.78, 5) is 11.8. The summed E-state index contributed by atoms with van der Waals surface area (Å²) in [6.45, 7) is 3.52. The van der Waals surface area contributed by atoms with Crippen LogP contribution in [0.4, 0.5) is 13.2 Å². The van der Waals surface area contributed by atoms with Crippen molar-refractivity contribution in [2.45, 2.75) is 45.7 Å². The Morgan fingerprint density at radius 1 is 1.33 bits per heavy atom. The van der Waals surface area contributed by atoms with Gasteiger partial charge in [0.05, 0.1) is 11.4 Å². The zero-order chi connectivity index (χ0) is 13.8. The van der Waals surface area contributed by atoms with Gasteiger partial charge >= 0.3 is 6.18 Å². The zero-order valence-electron chi connectivity index (χ0n) is 10.3. The van der Waals surface area contributed by atoms with Gasteiger partial charge in [-0.25, -0.2) is 0 Å². The molecule has 1 heterocycles. The molecule has 3 nitrogen and oxygen atoms in total. The second-order valence-electron chi connectivity index (χ2n) is 4.09. The number of ketones is 1. The van der Waals surface area contributed by atoms with E-state index >= 15 is 0 Å². The number of hydrogen-bond donors (Lipinski definition) is 0. The highest BCUT2D eigenvalue weighted by Crippen LogP contribution is 2.23. The third kappa shape index (κ3) is 4.43. The van der Waals surface area contributed by atoms with E-state index in [9.17, 15) is 18.0 Å². The van der Waals surface area contributed by atoms with Gasteiger partial charge in [0.25, 0.3) is 0 Å². The number of Topliss-reactive ketones (excluding diaryl/α,β-unsaturated/α-hetero) is 1. The van der Waals surface area contributed by atoms with Gasteiger partial charge in [-0.2, -0.15) is 23.4 Å². The quantitative estimate of drug-likeness (QED) is 0.763. The lowest BCUT2D eigenvalue weighted by atomic mass is 10.0. The molecule has 0 N–H and O–H groups in total. The Labute approximate surface area is 103 Å². The second-order valence-corrected chi connectivity index (χ2v) is 4.09. The maximum atomic E-state index is 12.0. The molecule has 0 aliphatic heterocycles. The van der Waals surface area contributed by atoms with E-state index in [2.05, 4.69) is 10.2 Å². The number of nitrogens with zero attached hydrogens (tertiary/aromatic N) is 2. The molecule has 6 heteroatoms. The molecule has 100 valence electrons. The fourth-order valence-corrected chi connectivity index (χ4v) is 1.60. The smallest absolute Gasteiger partial charge is 0.294 e. The average molecular weight is 260 g/mol. The molecule has 18 heavy (non-hydrogen) atoms. The predicted molar refractivity (Wildman–Crippen MR) is 60.4 cm³/mol. The van der Waals surface area contributed by atoms with Crippen LogP contribution in [0, 0.1) is 6.92 Å². The number of halogens is 3. The summed E-state index contributed by atoms with van der Waals surface area (Å²) in [7, 11) is 0. The van der Waals surface area contributed by atoms with E-state index in [4.69, 9.17) is 0 Å². The lowest BCUT2D eigenvalue weighted by Gasteiger charge is -2.07. The molecule has 0 atom stereocenters.